The van der Waals surface area contributed by atoms with Crippen LogP contribution < -0.4 is 4.74 Å². The van der Waals surface area contributed by atoms with Crippen LogP contribution in [-0.4, -0.2) is 27.5 Å². The van der Waals surface area contributed by atoms with Gasteiger partial charge >= 0.3 is 12.3 Å². The Labute approximate surface area is 107 Å². The number of aromatic hydroxyl groups is 1. The number of hydrogen-bond acceptors (Lipinski definition) is 4. The van der Waals surface area contributed by atoms with Crippen molar-refractivity contribution in [3.8, 4) is 11.6 Å². The minimum Gasteiger partial charge on any atom is -0.503 e. The van der Waals surface area contributed by atoms with E-state index in [1.54, 1.807) is 0 Å². The van der Waals surface area contributed by atoms with Gasteiger partial charge in [0.2, 0.25) is 0 Å². The molecule has 5 nitrogen and oxygen atoms in total. The lowest BCUT2D eigenvalue weighted by molar-refractivity contribution is -0.276. The number of carboxylic acid groups (broad SMARTS) is 1. The van der Waals surface area contributed by atoms with E-state index in [1.165, 1.54) is 0 Å². The van der Waals surface area contributed by atoms with Crippen molar-refractivity contribution in [2.75, 3.05) is 0 Å². The summed E-state index contributed by atoms with van der Waals surface area (Å²) in [6.45, 7) is 0. The third-order valence-electron chi connectivity index (χ3n) is 1.82. The predicted octanol–water partition coefficient (Wildman–Crippen LogP) is 2.21. The third-order valence-corrected chi connectivity index (χ3v) is 2.35. The van der Waals surface area contributed by atoms with Crippen LogP contribution in [-0.2, 0) is 16.5 Å². The summed E-state index contributed by atoms with van der Waals surface area (Å²) in [5.41, 5.74) is 0.154. The average Bonchev–Trinajstić information content (AvgIpc) is 2.19. The first-order valence-electron chi connectivity index (χ1n) is 4.48. The number of pyridine rings is 1. The number of nitrogens with zero attached hydrogens (tertiary/aromatic N) is 1. The van der Waals surface area contributed by atoms with Crippen LogP contribution in [0, 0.1) is 0 Å². The average molecular weight is 330 g/mol. The number of halogens is 4. The molecule has 0 fully saturated rings. The van der Waals surface area contributed by atoms with Gasteiger partial charge in [-0.25, -0.2) is 4.98 Å². The molecule has 0 radical (unpaired) electrons. The lowest BCUT2D eigenvalue weighted by Gasteiger charge is -2.12. The molecule has 0 bridgehead atoms. The van der Waals surface area contributed by atoms with Crippen molar-refractivity contribution in [1.82, 2.24) is 4.98 Å². The van der Waals surface area contributed by atoms with Gasteiger partial charge < -0.3 is 14.9 Å². The number of rotatable bonds is 4. The van der Waals surface area contributed by atoms with Gasteiger partial charge in [0.25, 0.3) is 5.88 Å². The Bertz CT molecular complexity index is 464. The maximum Gasteiger partial charge on any atom is 0.574 e. The molecule has 1 aromatic heterocycles. The van der Waals surface area contributed by atoms with Gasteiger partial charge in [-0.2, -0.15) is 0 Å². The minimum atomic E-state index is -4.98. The lowest BCUT2D eigenvalue weighted by Crippen LogP contribution is -2.18. The maximum absolute atomic E-state index is 12.0. The van der Waals surface area contributed by atoms with E-state index < -0.39 is 30.4 Å². The molecule has 9 heteroatoms. The standard InChI is InChI=1S/C9H7BrF3NO4/c10-3-5-4(2-7(16)17)1-6(15)8(14-5)18-9(11,12)13/h1,15H,2-3H2,(H,16,17). The van der Waals surface area contributed by atoms with Gasteiger partial charge in [-0.05, 0) is 11.6 Å². The van der Waals surface area contributed by atoms with Crippen LogP contribution in [0.5, 0.6) is 11.6 Å². The second kappa shape index (κ2) is 5.42. The smallest absolute Gasteiger partial charge is 0.503 e. The Morgan fingerprint density at radius 2 is 2.11 bits per heavy atom. The zero-order valence-electron chi connectivity index (χ0n) is 8.66. The van der Waals surface area contributed by atoms with Gasteiger partial charge in [-0.1, -0.05) is 15.9 Å². The summed E-state index contributed by atoms with van der Waals surface area (Å²) in [5.74, 6) is -3.07. The molecule has 0 atom stereocenters. The van der Waals surface area contributed by atoms with Crippen LogP contribution in [0.3, 0.4) is 0 Å². The Kier molecular flexibility index (Phi) is 4.38. The molecule has 0 spiro atoms. The molecule has 1 heterocycles. The van der Waals surface area contributed by atoms with E-state index in [-0.39, 0.29) is 16.6 Å². The van der Waals surface area contributed by atoms with E-state index in [4.69, 9.17) is 5.11 Å². The highest BCUT2D eigenvalue weighted by atomic mass is 79.9. The first-order valence-corrected chi connectivity index (χ1v) is 5.60. The number of carbonyl (C=O) groups is 1. The molecular weight excluding hydrogens is 323 g/mol. The predicted molar refractivity (Wildman–Crippen MR) is 56.6 cm³/mol. The molecule has 0 saturated heterocycles. The highest BCUT2D eigenvalue weighted by molar-refractivity contribution is 9.08. The summed E-state index contributed by atoms with van der Waals surface area (Å²) in [4.78, 5) is 14.0. The van der Waals surface area contributed by atoms with E-state index >= 15 is 0 Å². The van der Waals surface area contributed by atoms with E-state index in [2.05, 4.69) is 25.7 Å². The van der Waals surface area contributed by atoms with Crippen molar-refractivity contribution in [2.24, 2.45) is 0 Å². The van der Waals surface area contributed by atoms with Crippen molar-refractivity contribution in [3.63, 3.8) is 0 Å². The number of aliphatic carboxylic acids is 1. The zero-order valence-corrected chi connectivity index (χ0v) is 10.2. The van der Waals surface area contributed by atoms with Crippen molar-refractivity contribution in [2.45, 2.75) is 18.1 Å². The van der Waals surface area contributed by atoms with Gasteiger partial charge in [-0.3, -0.25) is 4.79 Å². The number of ether oxygens (including phenoxy) is 1. The fourth-order valence-electron chi connectivity index (χ4n) is 1.18. The summed E-state index contributed by atoms with van der Waals surface area (Å²) in [6, 6.07) is 0.888. The van der Waals surface area contributed by atoms with Crippen LogP contribution in [0.25, 0.3) is 0 Å². The van der Waals surface area contributed by atoms with Gasteiger partial charge in [0, 0.05) is 5.33 Å². The number of hydrogen-bond donors (Lipinski definition) is 2. The summed E-state index contributed by atoms with van der Waals surface area (Å²) >= 11 is 2.96. The first kappa shape index (κ1) is 14.6. The SMILES string of the molecule is O=C(O)Cc1cc(O)c(OC(F)(F)F)nc1CBr. The molecule has 0 aliphatic rings. The first-order chi connectivity index (χ1) is 8.23. The summed E-state index contributed by atoms with van der Waals surface area (Å²) in [6.07, 6.45) is -5.45. The second-order valence-electron chi connectivity index (χ2n) is 3.17. The van der Waals surface area contributed by atoms with Crippen LogP contribution in [0.1, 0.15) is 11.3 Å². The quantitative estimate of drug-likeness (QED) is 0.828. The van der Waals surface area contributed by atoms with Crippen molar-refractivity contribution in [3.05, 3.63) is 17.3 Å². The summed E-state index contributed by atoms with van der Waals surface area (Å²) < 4.78 is 39.5. The lowest BCUT2D eigenvalue weighted by atomic mass is 10.1. The van der Waals surface area contributed by atoms with Gasteiger partial charge in [0.1, 0.15) is 0 Å². The molecule has 0 unspecified atom stereocenters. The van der Waals surface area contributed by atoms with Gasteiger partial charge in [0.05, 0.1) is 12.1 Å². The van der Waals surface area contributed by atoms with E-state index in [0.717, 1.165) is 6.07 Å². The van der Waals surface area contributed by atoms with Gasteiger partial charge in [-0.15, -0.1) is 13.2 Å². The fourth-order valence-corrected chi connectivity index (χ4v) is 1.66. The maximum atomic E-state index is 12.0. The molecule has 0 saturated carbocycles. The molecule has 1 aromatic rings. The summed E-state index contributed by atoms with van der Waals surface area (Å²) in [5, 5.41) is 17.9. The molecule has 18 heavy (non-hydrogen) atoms. The van der Waals surface area contributed by atoms with Crippen LogP contribution in [0.4, 0.5) is 13.2 Å². The van der Waals surface area contributed by atoms with E-state index in [0.29, 0.717) is 0 Å². The third kappa shape index (κ3) is 4.06. The Morgan fingerprint density at radius 1 is 1.50 bits per heavy atom. The molecule has 0 aliphatic carbocycles. The Hall–Kier alpha value is -1.51. The molecule has 0 aromatic carbocycles. The van der Waals surface area contributed by atoms with E-state index in [1.807, 2.05) is 0 Å². The summed E-state index contributed by atoms with van der Waals surface area (Å²) in [7, 11) is 0. The Balaban J connectivity index is 3.13. The highest BCUT2D eigenvalue weighted by Gasteiger charge is 2.33. The molecule has 0 aliphatic heterocycles. The zero-order chi connectivity index (χ0) is 13.9. The van der Waals surface area contributed by atoms with E-state index in [9.17, 15) is 23.1 Å². The monoisotopic (exact) mass is 329 g/mol. The molecular formula is C9H7BrF3NO4. The normalized spacial score (nSPS) is 11.3. The van der Waals surface area contributed by atoms with Crippen molar-refractivity contribution in [1.29, 1.82) is 0 Å². The van der Waals surface area contributed by atoms with Crippen LogP contribution in [0.15, 0.2) is 6.07 Å². The van der Waals surface area contributed by atoms with Crippen molar-refractivity contribution < 1.29 is 32.9 Å². The number of aromatic nitrogens is 1. The largest absolute Gasteiger partial charge is 0.574 e. The second-order valence-corrected chi connectivity index (χ2v) is 3.73. The molecule has 1 rings (SSSR count). The molecule has 2 N–H and O–H groups in total. The van der Waals surface area contributed by atoms with Crippen LogP contribution >= 0.6 is 15.9 Å². The van der Waals surface area contributed by atoms with Crippen LogP contribution in [0.2, 0.25) is 0 Å². The van der Waals surface area contributed by atoms with Crippen molar-refractivity contribution >= 4 is 21.9 Å². The minimum absolute atomic E-state index is 0.0319. The topological polar surface area (TPSA) is 79.7 Å². The fraction of sp³-hybridized carbons (Fsp3) is 0.333. The molecule has 0 amide bonds. The number of alkyl halides is 4. The van der Waals surface area contributed by atoms with Gasteiger partial charge in [0.15, 0.2) is 5.75 Å². The molecule has 100 valence electrons. The highest BCUT2D eigenvalue weighted by Crippen LogP contribution is 2.31. The Morgan fingerprint density at radius 3 is 2.56 bits per heavy atom. The number of carboxylic acids is 1.